The zero-order chi connectivity index (χ0) is 20.1. The average molecular weight is 456 g/mol. The van der Waals surface area contributed by atoms with Crippen molar-refractivity contribution in [2.24, 2.45) is 11.8 Å². The molecule has 1 aliphatic heterocycles. The lowest BCUT2D eigenvalue weighted by Gasteiger charge is -2.25. The molecule has 1 saturated carbocycles. The summed E-state index contributed by atoms with van der Waals surface area (Å²) in [7, 11) is 0. The number of carboxylic acids is 1. The molecule has 0 saturated heterocycles. The number of nitrogen functional groups attached to an aromatic ring is 1. The Kier molecular flexibility index (Phi) is 4.46. The highest BCUT2D eigenvalue weighted by molar-refractivity contribution is 9.11. The molecule has 2 aromatic heterocycles. The molecule has 3 aliphatic rings. The van der Waals surface area contributed by atoms with Crippen LogP contribution < -0.4 is 11.1 Å². The Hall–Kier alpha value is -2.61. The maximum absolute atomic E-state index is 11.3. The van der Waals surface area contributed by atoms with Gasteiger partial charge in [-0.25, -0.2) is 9.97 Å². The first-order valence-electron chi connectivity index (χ1n) is 9.90. The number of nitrogens with one attached hydrogen (secondary N) is 1. The fourth-order valence-corrected chi connectivity index (χ4v) is 5.28. The molecule has 2 atom stereocenters. The molecule has 2 aliphatic carbocycles. The van der Waals surface area contributed by atoms with Crippen molar-refractivity contribution in [2.75, 3.05) is 5.73 Å². The van der Waals surface area contributed by atoms with E-state index in [1.54, 1.807) is 6.20 Å². The molecule has 2 aromatic rings. The second kappa shape index (κ2) is 7.02. The number of halogens is 1. The summed E-state index contributed by atoms with van der Waals surface area (Å²) in [5.74, 6) is 0.916. The highest BCUT2D eigenvalue weighted by atomic mass is 79.9. The number of anilines is 1. The summed E-state index contributed by atoms with van der Waals surface area (Å²) in [6, 6.07) is 0.166. The van der Waals surface area contributed by atoms with Gasteiger partial charge in [-0.1, -0.05) is 34.2 Å². The van der Waals surface area contributed by atoms with Crippen LogP contribution in [0.15, 0.2) is 41.2 Å². The van der Waals surface area contributed by atoms with E-state index in [9.17, 15) is 9.90 Å². The van der Waals surface area contributed by atoms with Crippen molar-refractivity contribution >= 4 is 38.9 Å². The lowest BCUT2D eigenvalue weighted by atomic mass is 9.81. The minimum Gasteiger partial charge on any atom is -0.481 e. The Labute approximate surface area is 176 Å². The molecule has 4 N–H and O–H groups in total. The van der Waals surface area contributed by atoms with E-state index in [0.717, 1.165) is 40.1 Å². The standard InChI is InChI=1S/C21H22BrN5O2/c22-14-3-1-2-13-10-15(25-16(13)14)17-18-19(23)24-8-9-27(18)20(26-17)11-4-6-12(7-5-11)21(28)29/h1-3,8-13,16,25H,4-7H2,(H2,23,24)(H,28,29)/t11-,12-,13?,16?. The van der Waals surface area contributed by atoms with Gasteiger partial charge in [-0.15, -0.1) is 0 Å². The third-order valence-corrected chi connectivity index (χ3v) is 7.01. The summed E-state index contributed by atoms with van der Waals surface area (Å²) in [5.41, 5.74) is 8.85. The molecule has 0 radical (unpaired) electrons. The fourth-order valence-electron chi connectivity index (χ4n) is 4.71. The molecule has 0 amide bonds. The minimum absolute atomic E-state index is 0.166. The van der Waals surface area contributed by atoms with Crippen LogP contribution in [0.3, 0.4) is 0 Å². The molecule has 7 nitrogen and oxygen atoms in total. The van der Waals surface area contributed by atoms with Gasteiger partial charge in [0, 0.05) is 28.7 Å². The zero-order valence-electron chi connectivity index (χ0n) is 15.8. The van der Waals surface area contributed by atoms with Crippen molar-refractivity contribution in [2.45, 2.75) is 37.6 Å². The molecular formula is C21H22BrN5O2. The van der Waals surface area contributed by atoms with Gasteiger partial charge in [0.15, 0.2) is 0 Å². The highest BCUT2D eigenvalue weighted by Crippen LogP contribution is 2.39. The van der Waals surface area contributed by atoms with E-state index in [2.05, 4.69) is 50.5 Å². The molecule has 0 spiro atoms. The maximum Gasteiger partial charge on any atom is 0.306 e. The smallest absolute Gasteiger partial charge is 0.306 e. The van der Waals surface area contributed by atoms with Crippen LogP contribution in [0.2, 0.25) is 0 Å². The Balaban J connectivity index is 1.54. The van der Waals surface area contributed by atoms with Gasteiger partial charge in [-0.3, -0.25) is 9.20 Å². The van der Waals surface area contributed by atoms with Crippen LogP contribution in [0.25, 0.3) is 11.2 Å². The first-order chi connectivity index (χ1) is 14.0. The van der Waals surface area contributed by atoms with Crippen LogP contribution in [0.5, 0.6) is 0 Å². The number of hydrogen-bond donors (Lipinski definition) is 3. The molecule has 5 rings (SSSR count). The first-order valence-corrected chi connectivity index (χ1v) is 10.7. The van der Waals surface area contributed by atoms with Crippen LogP contribution in [0.4, 0.5) is 5.82 Å². The van der Waals surface area contributed by atoms with Crippen LogP contribution in [-0.2, 0) is 4.79 Å². The summed E-state index contributed by atoms with van der Waals surface area (Å²) in [6.45, 7) is 0. The van der Waals surface area contributed by atoms with E-state index in [1.807, 2.05) is 10.6 Å². The number of hydrogen-bond acceptors (Lipinski definition) is 5. The minimum atomic E-state index is -0.694. The lowest BCUT2D eigenvalue weighted by Crippen LogP contribution is -2.28. The second-order valence-electron chi connectivity index (χ2n) is 7.95. The van der Waals surface area contributed by atoms with Crippen molar-refractivity contribution in [3.05, 3.63) is 52.7 Å². The summed E-state index contributed by atoms with van der Waals surface area (Å²) < 4.78 is 3.15. The molecule has 3 heterocycles. The van der Waals surface area contributed by atoms with Crippen molar-refractivity contribution in [3.8, 4) is 0 Å². The van der Waals surface area contributed by atoms with Gasteiger partial charge in [0.05, 0.1) is 17.7 Å². The van der Waals surface area contributed by atoms with Gasteiger partial charge in [-0.2, -0.15) is 0 Å². The summed E-state index contributed by atoms with van der Waals surface area (Å²) in [5, 5.41) is 12.9. The van der Waals surface area contributed by atoms with E-state index >= 15 is 0 Å². The fraction of sp³-hybridized carbons (Fsp3) is 0.381. The number of fused-ring (bicyclic) bond motifs is 2. The van der Waals surface area contributed by atoms with Gasteiger partial charge in [0.25, 0.3) is 0 Å². The van der Waals surface area contributed by atoms with E-state index < -0.39 is 5.97 Å². The molecule has 8 heteroatoms. The predicted molar refractivity (Wildman–Crippen MR) is 114 cm³/mol. The first kappa shape index (κ1) is 18.4. The normalized spacial score (nSPS) is 28.6. The number of imidazole rings is 1. The van der Waals surface area contributed by atoms with E-state index in [4.69, 9.17) is 10.7 Å². The third kappa shape index (κ3) is 3.06. The summed E-state index contributed by atoms with van der Waals surface area (Å²) in [4.78, 5) is 20.6. The SMILES string of the molecule is Nc1nccn2c1c(C1=CC3C=CC=C(Br)C3N1)nc2[C@H]1CC[C@H](C(=O)O)CC1. The quantitative estimate of drug-likeness (QED) is 0.654. The van der Waals surface area contributed by atoms with Crippen molar-refractivity contribution in [3.63, 3.8) is 0 Å². The highest BCUT2D eigenvalue weighted by Gasteiger charge is 2.34. The topological polar surface area (TPSA) is 106 Å². The molecule has 29 heavy (non-hydrogen) atoms. The molecular weight excluding hydrogens is 434 g/mol. The number of aromatic nitrogens is 3. The van der Waals surface area contributed by atoms with Gasteiger partial charge in [0.2, 0.25) is 0 Å². The van der Waals surface area contributed by atoms with E-state index in [0.29, 0.717) is 18.7 Å². The summed E-state index contributed by atoms with van der Waals surface area (Å²) in [6.07, 6.45) is 15.0. The van der Waals surface area contributed by atoms with Crippen molar-refractivity contribution in [1.29, 1.82) is 0 Å². The predicted octanol–water partition coefficient (Wildman–Crippen LogP) is 3.45. The number of carbonyl (C=O) groups is 1. The number of carboxylic acid groups (broad SMARTS) is 1. The Morgan fingerprint density at radius 1 is 1.31 bits per heavy atom. The van der Waals surface area contributed by atoms with Gasteiger partial charge in [0.1, 0.15) is 22.9 Å². The van der Waals surface area contributed by atoms with Crippen molar-refractivity contribution in [1.82, 2.24) is 19.7 Å². The Morgan fingerprint density at radius 3 is 2.83 bits per heavy atom. The molecule has 1 fully saturated rings. The number of nitrogens with zero attached hydrogens (tertiary/aromatic N) is 3. The molecule has 0 aromatic carbocycles. The molecule has 150 valence electrons. The third-order valence-electron chi connectivity index (χ3n) is 6.25. The zero-order valence-corrected chi connectivity index (χ0v) is 17.3. The van der Waals surface area contributed by atoms with Gasteiger partial charge < -0.3 is 16.2 Å². The Bertz CT molecular complexity index is 1080. The number of aliphatic carboxylic acids is 1. The molecule has 2 unspecified atom stereocenters. The largest absolute Gasteiger partial charge is 0.481 e. The Morgan fingerprint density at radius 2 is 2.10 bits per heavy atom. The van der Waals surface area contributed by atoms with Crippen LogP contribution in [0, 0.1) is 11.8 Å². The number of rotatable bonds is 3. The number of nitrogens with two attached hydrogens (primary N) is 1. The maximum atomic E-state index is 11.3. The monoisotopic (exact) mass is 455 g/mol. The van der Waals surface area contributed by atoms with Gasteiger partial charge in [-0.05, 0) is 31.8 Å². The van der Waals surface area contributed by atoms with Crippen LogP contribution in [-0.4, -0.2) is 31.5 Å². The average Bonchev–Trinajstić information content (AvgIpc) is 3.31. The van der Waals surface area contributed by atoms with Gasteiger partial charge >= 0.3 is 5.97 Å². The van der Waals surface area contributed by atoms with E-state index in [1.165, 1.54) is 0 Å². The second-order valence-corrected chi connectivity index (χ2v) is 8.87. The van der Waals surface area contributed by atoms with E-state index in [-0.39, 0.29) is 23.8 Å². The van der Waals surface area contributed by atoms with Crippen LogP contribution >= 0.6 is 15.9 Å². The molecule has 0 bridgehead atoms. The van der Waals surface area contributed by atoms with Crippen molar-refractivity contribution < 1.29 is 9.90 Å². The summed E-state index contributed by atoms with van der Waals surface area (Å²) >= 11 is 3.65. The van der Waals surface area contributed by atoms with Crippen LogP contribution in [0.1, 0.15) is 43.1 Å². The lowest BCUT2D eigenvalue weighted by molar-refractivity contribution is -0.142. The number of allylic oxidation sites excluding steroid dienone is 2.